The Morgan fingerprint density at radius 1 is 1.44 bits per heavy atom. The quantitative estimate of drug-likeness (QED) is 0.566. The van der Waals surface area contributed by atoms with Crippen LogP contribution in [0.25, 0.3) is 0 Å². The fraction of sp³-hybridized carbons (Fsp3) is 0.714. The summed E-state index contributed by atoms with van der Waals surface area (Å²) in [6, 6.07) is 4.13. The van der Waals surface area contributed by atoms with Gasteiger partial charge in [-0.2, -0.15) is 10.5 Å². The zero-order valence-corrected chi connectivity index (χ0v) is 11.5. The number of hydrogen-bond donors (Lipinski definition) is 0. The Morgan fingerprint density at radius 2 is 2.11 bits per heavy atom. The van der Waals surface area contributed by atoms with Gasteiger partial charge in [-0.15, -0.1) is 11.6 Å². The number of allylic oxidation sites excluding steroid dienone is 1. The third-order valence-electron chi connectivity index (χ3n) is 3.54. The second-order valence-electron chi connectivity index (χ2n) is 5.03. The summed E-state index contributed by atoms with van der Waals surface area (Å²) < 4.78 is 4.99. The highest BCUT2D eigenvalue weighted by Crippen LogP contribution is 2.37. The van der Waals surface area contributed by atoms with Gasteiger partial charge in [-0.1, -0.05) is 18.6 Å². The van der Waals surface area contributed by atoms with Gasteiger partial charge in [0.15, 0.2) is 5.41 Å². The molecule has 0 heterocycles. The Morgan fingerprint density at radius 3 is 2.61 bits per heavy atom. The molecule has 0 aliphatic heterocycles. The molecule has 1 aliphatic carbocycles. The minimum absolute atomic E-state index is 0.121. The predicted octanol–water partition coefficient (Wildman–Crippen LogP) is 3.41. The number of methoxy groups -OCH3 is 1. The first kappa shape index (κ1) is 15.0. The average Bonchev–Trinajstić information content (AvgIpc) is 2.38. The molecule has 1 fully saturated rings. The lowest BCUT2D eigenvalue weighted by Crippen LogP contribution is -2.26. The van der Waals surface area contributed by atoms with Crippen LogP contribution in [0.5, 0.6) is 0 Å². The van der Waals surface area contributed by atoms with E-state index in [1.165, 1.54) is 7.11 Å². The van der Waals surface area contributed by atoms with Crippen molar-refractivity contribution in [2.45, 2.75) is 37.5 Å². The van der Waals surface area contributed by atoms with Gasteiger partial charge in [-0.3, -0.25) is 0 Å². The Labute approximate surface area is 114 Å². The molecular formula is C14H19ClN2O. The summed E-state index contributed by atoms with van der Waals surface area (Å²) in [6.45, 7) is 4.18. The van der Waals surface area contributed by atoms with E-state index in [1.54, 1.807) is 0 Å². The van der Waals surface area contributed by atoms with Crippen LogP contribution in [0.15, 0.2) is 12.2 Å². The summed E-state index contributed by atoms with van der Waals surface area (Å²) >= 11 is 6.16. The highest BCUT2D eigenvalue weighted by molar-refractivity contribution is 6.20. The van der Waals surface area contributed by atoms with Gasteiger partial charge in [0.25, 0.3) is 0 Å². The van der Waals surface area contributed by atoms with Crippen LogP contribution in [-0.2, 0) is 4.74 Å². The summed E-state index contributed by atoms with van der Waals surface area (Å²) in [5, 5.41) is 18.6. The van der Waals surface area contributed by atoms with Gasteiger partial charge in [-0.25, -0.2) is 0 Å². The minimum Gasteiger partial charge on any atom is -0.382 e. The molecular weight excluding hydrogens is 248 g/mol. The summed E-state index contributed by atoms with van der Waals surface area (Å²) in [4.78, 5) is 0. The predicted molar refractivity (Wildman–Crippen MR) is 70.9 cm³/mol. The van der Waals surface area contributed by atoms with Crippen LogP contribution in [0.4, 0.5) is 0 Å². The van der Waals surface area contributed by atoms with Crippen molar-refractivity contribution in [3.8, 4) is 12.1 Å². The molecule has 0 spiro atoms. The SMILES string of the molecule is C=C(CC(C#N)(C#N)COC)C1CCCC(Cl)C1. The van der Waals surface area contributed by atoms with E-state index in [-0.39, 0.29) is 12.0 Å². The molecule has 0 aromatic heterocycles. The molecule has 1 saturated carbocycles. The van der Waals surface area contributed by atoms with Crippen LogP contribution in [0, 0.1) is 34.0 Å². The fourth-order valence-electron chi connectivity index (χ4n) is 2.50. The summed E-state index contributed by atoms with van der Waals surface area (Å²) in [6.07, 6.45) is 4.48. The van der Waals surface area contributed by atoms with Crippen molar-refractivity contribution in [3.05, 3.63) is 12.2 Å². The number of halogens is 1. The van der Waals surface area contributed by atoms with Crippen molar-refractivity contribution in [1.82, 2.24) is 0 Å². The van der Waals surface area contributed by atoms with Crippen LogP contribution in [0.1, 0.15) is 32.1 Å². The minimum atomic E-state index is -1.11. The van der Waals surface area contributed by atoms with Gasteiger partial charge >= 0.3 is 0 Å². The number of nitriles is 2. The van der Waals surface area contributed by atoms with Crippen LogP contribution in [-0.4, -0.2) is 19.1 Å². The van der Waals surface area contributed by atoms with E-state index in [0.717, 1.165) is 31.3 Å². The first-order valence-electron chi connectivity index (χ1n) is 6.20. The largest absolute Gasteiger partial charge is 0.382 e. The Balaban J connectivity index is 2.67. The molecule has 0 aromatic carbocycles. The van der Waals surface area contributed by atoms with E-state index in [1.807, 2.05) is 0 Å². The summed E-state index contributed by atoms with van der Waals surface area (Å²) in [5.74, 6) is 0.333. The zero-order chi connectivity index (χ0) is 13.6. The maximum Gasteiger partial charge on any atom is 0.170 e. The van der Waals surface area contributed by atoms with Crippen molar-refractivity contribution in [2.75, 3.05) is 13.7 Å². The Kier molecular flexibility index (Phi) is 5.66. The van der Waals surface area contributed by atoms with Crippen LogP contribution in [0.2, 0.25) is 0 Å². The van der Waals surface area contributed by atoms with Gasteiger partial charge in [-0.05, 0) is 25.2 Å². The van der Waals surface area contributed by atoms with E-state index in [0.29, 0.717) is 12.3 Å². The number of rotatable bonds is 5. The van der Waals surface area contributed by atoms with Crippen molar-refractivity contribution >= 4 is 11.6 Å². The van der Waals surface area contributed by atoms with Crippen molar-refractivity contribution < 1.29 is 4.74 Å². The van der Waals surface area contributed by atoms with Gasteiger partial charge in [0.2, 0.25) is 0 Å². The van der Waals surface area contributed by atoms with Crippen LogP contribution < -0.4 is 0 Å². The molecule has 0 radical (unpaired) electrons. The third kappa shape index (κ3) is 3.73. The lowest BCUT2D eigenvalue weighted by Gasteiger charge is -2.29. The van der Waals surface area contributed by atoms with E-state index in [2.05, 4.69) is 18.7 Å². The first-order valence-corrected chi connectivity index (χ1v) is 6.63. The van der Waals surface area contributed by atoms with E-state index in [9.17, 15) is 10.5 Å². The average molecular weight is 267 g/mol. The molecule has 1 aliphatic rings. The van der Waals surface area contributed by atoms with Crippen molar-refractivity contribution in [3.63, 3.8) is 0 Å². The van der Waals surface area contributed by atoms with Crippen molar-refractivity contribution in [1.29, 1.82) is 10.5 Å². The zero-order valence-electron chi connectivity index (χ0n) is 10.8. The lowest BCUT2D eigenvalue weighted by atomic mass is 9.76. The molecule has 0 saturated heterocycles. The third-order valence-corrected chi connectivity index (χ3v) is 3.93. The van der Waals surface area contributed by atoms with Crippen LogP contribution in [0.3, 0.4) is 0 Å². The van der Waals surface area contributed by atoms with Gasteiger partial charge in [0.05, 0.1) is 18.7 Å². The first-order chi connectivity index (χ1) is 8.56. The molecule has 98 valence electrons. The smallest absolute Gasteiger partial charge is 0.170 e. The monoisotopic (exact) mass is 266 g/mol. The van der Waals surface area contributed by atoms with E-state index >= 15 is 0 Å². The molecule has 0 N–H and O–H groups in total. The van der Waals surface area contributed by atoms with E-state index in [4.69, 9.17) is 16.3 Å². The molecule has 0 amide bonds. The number of hydrogen-bond acceptors (Lipinski definition) is 3. The molecule has 18 heavy (non-hydrogen) atoms. The standard InChI is InChI=1S/C14H19ClN2O/c1-11(12-4-3-5-13(15)6-12)7-14(8-16,9-17)10-18-2/h12-13H,1,3-7,10H2,2H3. The fourth-order valence-corrected chi connectivity index (χ4v) is 2.87. The molecule has 2 atom stereocenters. The number of ether oxygens (including phenoxy) is 1. The lowest BCUT2D eigenvalue weighted by molar-refractivity contribution is 0.142. The molecule has 4 heteroatoms. The number of alkyl halides is 1. The maximum absolute atomic E-state index is 9.19. The molecule has 0 bridgehead atoms. The summed E-state index contributed by atoms with van der Waals surface area (Å²) in [5.41, 5.74) is -0.147. The highest BCUT2D eigenvalue weighted by atomic mass is 35.5. The Hall–Kier alpha value is -1.03. The number of nitrogens with zero attached hydrogens (tertiary/aromatic N) is 2. The highest BCUT2D eigenvalue weighted by Gasteiger charge is 2.34. The second kappa shape index (κ2) is 6.78. The molecule has 0 aromatic rings. The Bertz CT molecular complexity index is 366. The summed E-state index contributed by atoms with van der Waals surface area (Å²) in [7, 11) is 1.50. The van der Waals surface area contributed by atoms with Gasteiger partial charge in [0, 0.05) is 18.9 Å². The molecule has 1 rings (SSSR count). The molecule has 3 nitrogen and oxygen atoms in total. The normalized spacial score (nSPS) is 24.0. The van der Waals surface area contributed by atoms with Gasteiger partial charge < -0.3 is 4.74 Å². The maximum atomic E-state index is 9.19. The van der Waals surface area contributed by atoms with E-state index < -0.39 is 5.41 Å². The second-order valence-corrected chi connectivity index (χ2v) is 5.65. The topological polar surface area (TPSA) is 56.8 Å². The van der Waals surface area contributed by atoms with Crippen molar-refractivity contribution in [2.24, 2.45) is 11.3 Å². The molecule has 2 unspecified atom stereocenters. The van der Waals surface area contributed by atoms with Gasteiger partial charge in [0.1, 0.15) is 0 Å². The van der Waals surface area contributed by atoms with Crippen LogP contribution >= 0.6 is 11.6 Å².